The molecule has 2 aromatic rings. The van der Waals surface area contributed by atoms with Crippen LogP contribution < -0.4 is 10.1 Å². The Morgan fingerprint density at radius 1 is 1.19 bits per heavy atom. The third kappa shape index (κ3) is 4.98. The molecule has 0 radical (unpaired) electrons. The number of anilines is 1. The largest absolute Gasteiger partial charge is 0.492 e. The molecular formula is C22H29N3OS. The average molecular weight is 384 g/mol. The molecule has 1 atom stereocenters. The van der Waals surface area contributed by atoms with Crippen molar-refractivity contribution < 1.29 is 4.74 Å². The Balaban J connectivity index is 1.84. The molecule has 1 aliphatic carbocycles. The molecule has 1 aromatic heterocycles. The summed E-state index contributed by atoms with van der Waals surface area (Å²) in [6.45, 7) is 4.85. The first-order chi connectivity index (χ1) is 13.2. The minimum atomic E-state index is 0.190. The highest BCUT2D eigenvalue weighted by atomic mass is 32.1. The molecule has 1 aromatic carbocycles. The summed E-state index contributed by atoms with van der Waals surface area (Å²) in [5.41, 5.74) is 2.16. The second-order valence-corrected chi connectivity index (χ2v) is 7.40. The second kappa shape index (κ2) is 9.70. The highest BCUT2D eigenvalue weighted by molar-refractivity contribution is 7.80. The smallest absolute Gasteiger partial charge is 0.174 e. The van der Waals surface area contributed by atoms with Gasteiger partial charge in [-0.05, 0) is 68.7 Å². The summed E-state index contributed by atoms with van der Waals surface area (Å²) in [6.07, 6.45) is 9.93. The van der Waals surface area contributed by atoms with Crippen LogP contribution in [-0.2, 0) is 0 Å². The Hall–Kier alpha value is -2.14. The molecular weight excluding hydrogens is 354 g/mol. The lowest BCUT2D eigenvalue weighted by Crippen LogP contribution is -2.45. The van der Waals surface area contributed by atoms with E-state index in [9.17, 15) is 0 Å². The third-order valence-electron chi connectivity index (χ3n) is 5.24. The van der Waals surface area contributed by atoms with Gasteiger partial charge in [0.2, 0.25) is 0 Å². The van der Waals surface area contributed by atoms with Crippen LogP contribution in [-0.4, -0.2) is 27.6 Å². The fourth-order valence-electron chi connectivity index (χ4n) is 3.85. The van der Waals surface area contributed by atoms with Gasteiger partial charge < -0.3 is 15.0 Å². The zero-order chi connectivity index (χ0) is 19.1. The van der Waals surface area contributed by atoms with Crippen LogP contribution in [0.4, 0.5) is 5.69 Å². The van der Waals surface area contributed by atoms with Gasteiger partial charge in [0.25, 0.3) is 0 Å². The summed E-state index contributed by atoms with van der Waals surface area (Å²) >= 11 is 5.90. The van der Waals surface area contributed by atoms with E-state index in [2.05, 4.69) is 34.3 Å². The molecule has 1 N–H and O–H groups in total. The van der Waals surface area contributed by atoms with Gasteiger partial charge in [-0.2, -0.15) is 0 Å². The lowest BCUT2D eigenvalue weighted by atomic mass is 9.92. The van der Waals surface area contributed by atoms with Crippen LogP contribution >= 0.6 is 12.2 Å². The molecule has 3 rings (SSSR count). The molecule has 5 heteroatoms. The van der Waals surface area contributed by atoms with Crippen molar-refractivity contribution >= 4 is 23.0 Å². The first kappa shape index (κ1) is 19.6. The highest BCUT2D eigenvalue weighted by Gasteiger charge is 2.28. The first-order valence-corrected chi connectivity index (χ1v) is 10.3. The van der Waals surface area contributed by atoms with Crippen LogP contribution in [0.15, 0.2) is 48.8 Å². The van der Waals surface area contributed by atoms with Crippen molar-refractivity contribution in [2.75, 3.05) is 11.9 Å². The molecule has 1 saturated carbocycles. The van der Waals surface area contributed by atoms with Gasteiger partial charge in [0, 0.05) is 18.4 Å². The van der Waals surface area contributed by atoms with Crippen LogP contribution in [0, 0.1) is 0 Å². The van der Waals surface area contributed by atoms with Gasteiger partial charge in [0.05, 0.1) is 18.3 Å². The van der Waals surface area contributed by atoms with Crippen molar-refractivity contribution in [3.63, 3.8) is 0 Å². The average Bonchev–Trinajstić information content (AvgIpc) is 2.71. The maximum Gasteiger partial charge on any atom is 0.174 e. The molecule has 4 nitrogen and oxygen atoms in total. The van der Waals surface area contributed by atoms with E-state index in [1.807, 2.05) is 43.6 Å². The minimum Gasteiger partial charge on any atom is -0.492 e. The fourth-order valence-corrected chi connectivity index (χ4v) is 4.27. The van der Waals surface area contributed by atoms with Crippen LogP contribution in [0.3, 0.4) is 0 Å². The van der Waals surface area contributed by atoms with E-state index in [4.69, 9.17) is 17.0 Å². The fraction of sp³-hybridized carbons (Fsp3) is 0.455. The SMILES string of the molecule is CCOc1ccccc1NC(=S)N(C1CCCCC1)[C@@H](C)c1ccncc1. The van der Waals surface area contributed by atoms with Gasteiger partial charge in [0.15, 0.2) is 5.11 Å². The highest BCUT2D eigenvalue weighted by Crippen LogP contribution is 2.32. The molecule has 0 bridgehead atoms. The van der Waals surface area contributed by atoms with Gasteiger partial charge in [0.1, 0.15) is 5.75 Å². The molecule has 1 fully saturated rings. The maximum atomic E-state index is 5.90. The number of aromatic nitrogens is 1. The lowest BCUT2D eigenvalue weighted by Gasteiger charge is -2.40. The van der Waals surface area contributed by atoms with Crippen molar-refractivity contribution in [2.45, 2.75) is 58.0 Å². The number of nitrogens with zero attached hydrogens (tertiary/aromatic N) is 2. The Kier molecular flexibility index (Phi) is 7.04. The summed E-state index contributed by atoms with van der Waals surface area (Å²) in [6, 6.07) is 12.8. The number of hydrogen-bond acceptors (Lipinski definition) is 3. The van der Waals surface area contributed by atoms with Gasteiger partial charge in [-0.1, -0.05) is 31.4 Å². The number of ether oxygens (including phenoxy) is 1. The quantitative estimate of drug-likeness (QED) is 0.660. The van der Waals surface area contributed by atoms with E-state index in [0.717, 1.165) is 16.5 Å². The number of pyridine rings is 1. The van der Waals surface area contributed by atoms with Gasteiger partial charge >= 0.3 is 0 Å². The number of para-hydroxylation sites is 2. The summed E-state index contributed by atoms with van der Waals surface area (Å²) in [7, 11) is 0. The summed E-state index contributed by atoms with van der Waals surface area (Å²) < 4.78 is 5.76. The molecule has 1 heterocycles. The monoisotopic (exact) mass is 383 g/mol. The molecule has 27 heavy (non-hydrogen) atoms. The number of hydrogen-bond donors (Lipinski definition) is 1. The predicted octanol–water partition coefficient (Wildman–Crippen LogP) is 5.57. The number of benzene rings is 1. The van der Waals surface area contributed by atoms with Crippen LogP contribution in [0.2, 0.25) is 0 Å². The Bertz CT molecular complexity index is 731. The van der Waals surface area contributed by atoms with Crippen molar-refractivity contribution in [1.29, 1.82) is 0 Å². The summed E-state index contributed by atoms with van der Waals surface area (Å²) in [5.74, 6) is 0.836. The minimum absolute atomic E-state index is 0.190. The van der Waals surface area contributed by atoms with Crippen molar-refractivity contribution in [2.24, 2.45) is 0 Å². The first-order valence-electron chi connectivity index (χ1n) is 9.91. The van der Waals surface area contributed by atoms with Gasteiger partial charge in [-0.3, -0.25) is 4.98 Å². The van der Waals surface area contributed by atoms with E-state index in [0.29, 0.717) is 12.6 Å². The van der Waals surface area contributed by atoms with Crippen LogP contribution in [0.25, 0.3) is 0 Å². The molecule has 0 amide bonds. The van der Waals surface area contributed by atoms with Gasteiger partial charge in [-0.15, -0.1) is 0 Å². The zero-order valence-corrected chi connectivity index (χ0v) is 17.0. The number of nitrogens with one attached hydrogen (secondary N) is 1. The lowest BCUT2D eigenvalue weighted by molar-refractivity contribution is 0.203. The molecule has 0 unspecified atom stereocenters. The van der Waals surface area contributed by atoms with Gasteiger partial charge in [-0.25, -0.2) is 0 Å². The summed E-state index contributed by atoms with van der Waals surface area (Å²) in [4.78, 5) is 6.54. The molecule has 0 spiro atoms. The van der Waals surface area contributed by atoms with E-state index >= 15 is 0 Å². The van der Waals surface area contributed by atoms with E-state index < -0.39 is 0 Å². The van der Waals surface area contributed by atoms with Crippen molar-refractivity contribution in [1.82, 2.24) is 9.88 Å². The molecule has 144 valence electrons. The predicted molar refractivity (Wildman–Crippen MR) is 115 cm³/mol. The normalized spacial score (nSPS) is 15.8. The molecule has 0 saturated heterocycles. The third-order valence-corrected chi connectivity index (χ3v) is 5.55. The maximum absolute atomic E-state index is 5.90. The second-order valence-electron chi connectivity index (χ2n) is 7.01. The van der Waals surface area contributed by atoms with Crippen LogP contribution in [0.5, 0.6) is 5.75 Å². The van der Waals surface area contributed by atoms with Crippen LogP contribution in [0.1, 0.15) is 57.6 Å². The number of thiocarbonyl (C=S) groups is 1. The summed E-state index contributed by atoms with van der Waals surface area (Å²) in [5, 5.41) is 4.22. The standard InChI is InChI=1S/C22H29N3OS/c1-3-26-21-12-8-7-11-20(21)24-22(27)25(19-9-5-4-6-10-19)17(2)18-13-15-23-16-14-18/h7-8,11-17,19H,3-6,9-10H2,1-2H3,(H,24,27)/t17-/m0/s1. The van der Waals surface area contributed by atoms with E-state index in [1.54, 1.807) is 0 Å². The topological polar surface area (TPSA) is 37.4 Å². The number of rotatable bonds is 6. The molecule has 1 aliphatic rings. The zero-order valence-electron chi connectivity index (χ0n) is 16.2. The Morgan fingerprint density at radius 2 is 1.89 bits per heavy atom. The molecule has 0 aliphatic heterocycles. The van der Waals surface area contributed by atoms with Crippen molar-refractivity contribution in [3.05, 3.63) is 54.4 Å². The van der Waals surface area contributed by atoms with Crippen molar-refractivity contribution in [3.8, 4) is 5.75 Å². The Morgan fingerprint density at radius 3 is 2.59 bits per heavy atom. The van der Waals surface area contributed by atoms with E-state index in [-0.39, 0.29) is 6.04 Å². The van der Waals surface area contributed by atoms with E-state index in [1.165, 1.54) is 37.7 Å². The Labute approximate surface area is 167 Å².